The minimum absolute atomic E-state index is 0.0392. The molecule has 0 amide bonds. The third-order valence-corrected chi connectivity index (χ3v) is 6.25. The number of hydrogen-bond acceptors (Lipinski definition) is 3. The second-order valence-electron chi connectivity index (χ2n) is 7.04. The normalized spacial score (nSPS) is 16.5. The number of aromatic nitrogens is 2. The number of fused-ring (bicyclic) bond motifs is 1. The van der Waals surface area contributed by atoms with Gasteiger partial charge in [-0.1, -0.05) is 30.2 Å². The minimum atomic E-state index is -0.0392. The average molecular weight is 389 g/mol. The van der Waals surface area contributed by atoms with E-state index in [4.69, 9.17) is 16.6 Å². The topological polar surface area (TPSA) is 50.2 Å². The number of aromatic amines is 1. The van der Waals surface area contributed by atoms with Gasteiger partial charge in [0.2, 0.25) is 0 Å². The molecule has 1 fully saturated rings. The third kappa shape index (κ3) is 3.85. The minimum Gasteiger partial charge on any atom is -0.329 e. The zero-order valence-corrected chi connectivity index (χ0v) is 16.3. The molecular weight excluding hydrogens is 366 g/mol. The summed E-state index contributed by atoms with van der Waals surface area (Å²) < 4.78 is 0. The lowest BCUT2D eigenvalue weighted by Gasteiger charge is -2.21. The van der Waals surface area contributed by atoms with Crippen molar-refractivity contribution in [1.82, 2.24) is 9.97 Å². The van der Waals surface area contributed by atoms with E-state index in [-0.39, 0.29) is 5.56 Å². The Balaban J connectivity index is 1.63. The SMILES string of the molecule is O=c1[nH]c(C[NH+]2CCCCCCC2)nc2scc(-c3ccc(Cl)cc3)c12. The first kappa shape index (κ1) is 17.7. The molecule has 0 saturated carbocycles. The molecule has 1 saturated heterocycles. The first-order valence-corrected chi connectivity index (χ1v) is 10.6. The number of thiophene rings is 1. The van der Waals surface area contributed by atoms with Gasteiger partial charge in [-0.2, -0.15) is 0 Å². The van der Waals surface area contributed by atoms with Gasteiger partial charge in [-0.25, -0.2) is 4.98 Å². The van der Waals surface area contributed by atoms with Crippen LogP contribution in [0.25, 0.3) is 21.3 Å². The van der Waals surface area contributed by atoms with Gasteiger partial charge in [-0.05, 0) is 43.4 Å². The molecule has 3 heterocycles. The van der Waals surface area contributed by atoms with Crippen molar-refractivity contribution in [3.63, 3.8) is 0 Å². The van der Waals surface area contributed by atoms with Crippen LogP contribution in [0, 0.1) is 0 Å². The van der Waals surface area contributed by atoms with Gasteiger partial charge in [-0.3, -0.25) is 4.79 Å². The number of rotatable bonds is 3. The molecule has 4 rings (SSSR count). The molecule has 1 aromatic carbocycles. The van der Waals surface area contributed by atoms with E-state index in [2.05, 4.69) is 4.98 Å². The van der Waals surface area contributed by atoms with Crippen LogP contribution in [-0.2, 0) is 6.54 Å². The lowest BCUT2D eigenvalue weighted by Crippen LogP contribution is -3.10. The number of halogens is 1. The smallest absolute Gasteiger partial charge is 0.260 e. The van der Waals surface area contributed by atoms with Crippen molar-refractivity contribution in [2.75, 3.05) is 13.1 Å². The van der Waals surface area contributed by atoms with Gasteiger partial charge in [0, 0.05) is 16.0 Å². The zero-order valence-electron chi connectivity index (χ0n) is 14.7. The van der Waals surface area contributed by atoms with Gasteiger partial charge in [0.25, 0.3) is 5.56 Å². The highest BCUT2D eigenvalue weighted by Gasteiger charge is 2.17. The number of hydrogen-bond donors (Lipinski definition) is 2. The van der Waals surface area contributed by atoms with Crippen molar-refractivity contribution < 1.29 is 4.90 Å². The van der Waals surface area contributed by atoms with Crippen molar-refractivity contribution in [2.45, 2.75) is 38.6 Å². The fourth-order valence-electron chi connectivity index (χ4n) is 3.74. The molecule has 0 unspecified atom stereocenters. The van der Waals surface area contributed by atoms with Gasteiger partial charge < -0.3 is 9.88 Å². The van der Waals surface area contributed by atoms with E-state index in [1.54, 1.807) is 0 Å². The average Bonchev–Trinajstić information content (AvgIpc) is 3.02. The molecule has 0 spiro atoms. The van der Waals surface area contributed by atoms with Gasteiger partial charge in [0.1, 0.15) is 11.4 Å². The number of H-pyrrole nitrogens is 1. The fraction of sp³-hybridized carbons (Fsp3) is 0.400. The zero-order chi connectivity index (χ0) is 17.9. The maximum Gasteiger partial charge on any atom is 0.260 e. The van der Waals surface area contributed by atoms with Crippen LogP contribution in [0.15, 0.2) is 34.4 Å². The Morgan fingerprint density at radius 3 is 2.50 bits per heavy atom. The molecule has 4 nitrogen and oxygen atoms in total. The summed E-state index contributed by atoms with van der Waals surface area (Å²) in [6, 6.07) is 7.59. The molecule has 6 heteroatoms. The van der Waals surface area contributed by atoms with Crippen LogP contribution in [0.1, 0.15) is 37.9 Å². The quantitative estimate of drug-likeness (QED) is 0.719. The summed E-state index contributed by atoms with van der Waals surface area (Å²) >= 11 is 7.52. The second kappa shape index (κ2) is 7.91. The van der Waals surface area contributed by atoms with E-state index < -0.39 is 0 Å². The van der Waals surface area contributed by atoms with E-state index in [9.17, 15) is 4.79 Å². The lowest BCUT2D eigenvalue weighted by molar-refractivity contribution is -0.915. The van der Waals surface area contributed by atoms with Crippen molar-refractivity contribution in [3.05, 3.63) is 50.8 Å². The number of quaternary nitrogens is 1. The molecule has 0 atom stereocenters. The Morgan fingerprint density at radius 1 is 1.08 bits per heavy atom. The van der Waals surface area contributed by atoms with Crippen LogP contribution < -0.4 is 10.5 Å². The molecule has 26 heavy (non-hydrogen) atoms. The largest absolute Gasteiger partial charge is 0.329 e. The summed E-state index contributed by atoms with van der Waals surface area (Å²) in [4.78, 5) is 22.9. The molecule has 0 radical (unpaired) electrons. The maximum absolute atomic E-state index is 12.8. The molecule has 0 aliphatic carbocycles. The second-order valence-corrected chi connectivity index (χ2v) is 8.34. The third-order valence-electron chi connectivity index (χ3n) is 5.13. The highest BCUT2D eigenvalue weighted by molar-refractivity contribution is 7.17. The molecule has 1 aliphatic rings. The molecule has 136 valence electrons. The maximum atomic E-state index is 12.8. The van der Waals surface area contributed by atoms with Crippen LogP contribution in [0.5, 0.6) is 0 Å². The Bertz CT molecular complexity index is 940. The van der Waals surface area contributed by atoms with E-state index in [1.165, 1.54) is 61.4 Å². The van der Waals surface area contributed by atoms with Crippen LogP contribution in [0.3, 0.4) is 0 Å². The van der Waals surface area contributed by atoms with E-state index in [0.717, 1.165) is 28.3 Å². The van der Waals surface area contributed by atoms with Gasteiger partial charge in [0.15, 0.2) is 5.82 Å². The standard InChI is InChI=1S/C20H22ClN3OS/c21-15-8-6-14(7-9-15)16-13-26-20-18(16)19(25)22-17(23-20)12-24-10-4-2-1-3-5-11-24/h6-9,13H,1-5,10-12H2,(H,22,23,25)/p+1. The monoisotopic (exact) mass is 388 g/mol. The summed E-state index contributed by atoms with van der Waals surface area (Å²) in [5, 5.41) is 3.39. The number of likely N-dealkylation sites (tertiary alicyclic amines) is 1. The molecule has 3 aromatic rings. The Labute approximate surface area is 161 Å². The summed E-state index contributed by atoms with van der Waals surface area (Å²) in [6.45, 7) is 3.14. The first-order chi connectivity index (χ1) is 12.7. The van der Waals surface area contributed by atoms with Crippen molar-refractivity contribution in [2.24, 2.45) is 0 Å². The predicted octanol–water partition coefficient (Wildman–Crippen LogP) is 3.65. The van der Waals surface area contributed by atoms with E-state index in [1.807, 2.05) is 29.6 Å². The highest BCUT2D eigenvalue weighted by Crippen LogP contribution is 2.31. The van der Waals surface area contributed by atoms with Crippen LogP contribution >= 0.6 is 22.9 Å². The molecule has 0 bridgehead atoms. The number of nitrogens with one attached hydrogen (secondary N) is 2. The van der Waals surface area contributed by atoms with Crippen molar-refractivity contribution in [1.29, 1.82) is 0 Å². The summed E-state index contributed by atoms with van der Waals surface area (Å²) in [5.41, 5.74) is 1.89. The Morgan fingerprint density at radius 2 is 1.77 bits per heavy atom. The Hall–Kier alpha value is -1.69. The summed E-state index contributed by atoms with van der Waals surface area (Å²) in [7, 11) is 0. The fourth-order valence-corrected chi connectivity index (χ4v) is 4.83. The van der Waals surface area contributed by atoms with Gasteiger partial charge in [0.05, 0.1) is 18.5 Å². The number of benzene rings is 1. The van der Waals surface area contributed by atoms with Gasteiger partial charge in [-0.15, -0.1) is 11.3 Å². The van der Waals surface area contributed by atoms with Crippen LogP contribution in [-0.4, -0.2) is 23.1 Å². The predicted molar refractivity (Wildman–Crippen MR) is 108 cm³/mol. The molecular formula is C20H23ClN3OS+. The molecule has 1 aliphatic heterocycles. The molecule has 2 N–H and O–H groups in total. The van der Waals surface area contributed by atoms with Crippen LogP contribution in [0.4, 0.5) is 0 Å². The van der Waals surface area contributed by atoms with Crippen molar-refractivity contribution in [3.8, 4) is 11.1 Å². The number of nitrogens with zero attached hydrogens (tertiary/aromatic N) is 1. The Kier molecular flexibility index (Phi) is 5.38. The summed E-state index contributed by atoms with van der Waals surface area (Å²) in [6.07, 6.45) is 6.53. The van der Waals surface area contributed by atoms with E-state index in [0.29, 0.717) is 10.4 Å². The summed E-state index contributed by atoms with van der Waals surface area (Å²) in [5.74, 6) is 0.808. The van der Waals surface area contributed by atoms with Crippen LogP contribution in [0.2, 0.25) is 5.02 Å². The highest BCUT2D eigenvalue weighted by atomic mass is 35.5. The van der Waals surface area contributed by atoms with Crippen molar-refractivity contribution >= 4 is 33.2 Å². The van der Waals surface area contributed by atoms with Gasteiger partial charge >= 0.3 is 0 Å². The molecule has 2 aromatic heterocycles. The van der Waals surface area contributed by atoms with E-state index >= 15 is 0 Å². The lowest BCUT2D eigenvalue weighted by atomic mass is 10.1. The first-order valence-electron chi connectivity index (χ1n) is 9.30.